The summed E-state index contributed by atoms with van der Waals surface area (Å²) in [6, 6.07) is 0. The number of aliphatic hydroxyl groups excluding tert-OH is 1. The maximum Gasteiger partial charge on any atom is 0.160 e. The third kappa shape index (κ3) is 2.41. The smallest absolute Gasteiger partial charge is 0.160 e. The van der Waals surface area contributed by atoms with Gasteiger partial charge in [0, 0.05) is 11.0 Å². The molecule has 4 nitrogen and oxygen atoms in total. The van der Waals surface area contributed by atoms with Crippen LogP contribution >= 0.6 is 11.8 Å². The van der Waals surface area contributed by atoms with Crippen molar-refractivity contribution in [2.75, 3.05) is 12.4 Å². The Morgan fingerprint density at radius 3 is 2.64 bits per heavy atom. The van der Waals surface area contributed by atoms with Crippen molar-refractivity contribution in [2.45, 2.75) is 43.2 Å². The highest BCUT2D eigenvalue weighted by atomic mass is 32.2. The van der Waals surface area contributed by atoms with Crippen LogP contribution in [0.25, 0.3) is 0 Å². The third-order valence-electron chi connectivity index (χ3n) is 2.34. The normalized spacial score (nSPS) is 42.9. The predicted molar refractivity (Wildman–Crippen MR) is 53.2 cm³/mol. The van der Waals surface area contributed by atoms with Crippen molar-refractivity contribution in [3.05, 3.63) is 0 Å². The van der Waals surface area contributed by atoms with Crippen molar-refractivity contribution in [1.82, 2.24) is 0 Å². The van der Waals surface area contributed by atoms with Gasteiger partial charge in [-0.3, -0.25) is 0 Å². The topological polar surface area (TPSA) is 58.9 Å². The zero-order valence-electron chi connectivity index (χ0n) is 8.34. The molecule has 2 rings (SSSR count). The van der Waals surface area contributed by atoms with E-state index in [0.29, 0.717) is 11.9 Å². The molecule has 0 spiro atoms. The first-order valence-electron chi connectivity index (χ1n) is 4.79. The van der Waals surface area contributed by atoms with Gasteiger partial charge in [-0.15, -0.1) is 0 Å². The molecule has 82 valence electrons. The standard InChI is InChI=1S/C9H16O4S/c1-9(2,11)13-5-3-12-8(7(5)10)6-4-14-6/h5-8,10-11H,3-4H2,1-2H3/t5-,6-,7+,8+/m0/s1. The van der Waals surface area contributed by atoms with Crippen LogP contribution in [0.15, 0.2) is 0 Å². The van der Waals surface area contributed by atoms with E-state index in [1.807, 2.05) is 0 Å². The molecule has 0 unspecified atom stereocenters. The SMILES string of the molecule is CC(C)(O)O[C@H]1CO[C@H]([C@@H]2CS2)[C@@H]1O. The molecule has 0 aromatic carbocycles. The van der Waals surface area contributed by atoms with Crippen molar-refractivity contribution in [3.63, 3.8) is 0 Å². The Balaban J connectivity index is 1.89. The third-order valence-corrected chi connectivity index (χ3v) is 3.32. The summed E-state index contributed by atoms with van der Waals surface area (Å²) in [7, 11) is 0. The molecule has 5 heteroatoms. The van der Waals surface area contributed by atoms with E-state index in [0.717, 1.165) is 5.75 Å². The van der Waals surface area contributed by atoms with Crippen molar-refractivity contribution < 1.29 is 19.7 Å². The van der Waals surface area contributed by atoms with Crippen LogP contribution < -0.4 is 0 Å². The number of aliphatic hydroxyl groups is 2. The van der Waals surface area contributed by atoms with Crippen molar-refractivity contribution in [3.8, 4) is 0 Å². The number of hydrogen-bond donors (Lipinski definition) is 2. The lowest BCUT2D eigenvalue weighted by molar-refractivity contribution is -0.217. The van der Waals surface area contributed by atoms with Gasteiger partial charge in [0.2, 0.25) is 0 Å². The Labute approximate surface area is 87.6 Å². The molecule has 0 amide bonds. The molecule has 2 aliphatic rings. The maximum atomic E-state index is 9.85. The number of ether oxygens (including phenoxy) is 2. The minimum atomic E-state index is -1.21. The largest absolute Gasteiger partial charge is 0.388 e. The molecular weight excluding hydrogens is 204 g/mol. The van der Waals surface area contributed by atoms with Gasteiger partial charge in [-0.2, -0.15) is 11.8 Å². The maximum absolute atomic E-state index is 9.85. The highest BCUT2D eigenvalue weighted by Gasteiger charge is 2.47. The van der Waals surface area contributed by atoms with Crippen LogP contribution in [0, 0.1) is 0 Å². The van der Waals surface area contributed by atoms with Crippen LogP contribution in [-0.4, -0.2) is 51.9 Å². The van der Waals surface area contributed by atoms with E-state index in [2.05, 4.69) is 0 Å². The van der Waals surface area contributed by atoms with Crippen LogP contribution in [0.1, 0.15) is 13.8 Å². The molecule has 2 saturated heterocycles. The molecule has 2 heterocycles. The fourth-order valence-electron chi connectivity index (χ4n) is 1.66. The van der Waals surface area contributed by atoms with Gasteiger partial charge < -0.3 is 19.7 Å². The summed E-state index contributed by atoms with van der Waals surface area (Å²) in [4.78, 5) is 0. The van der Waals surface area contributed by atoms with Crippen LogP contribution in [0.3, 0.4) is 0 Å². The first-order valence-corrected chi connectivity index (χ1v) is 5.84. The number of thioether (sulfide) groups is 1. The lowest BCUT2D eigenvalue weighted by Gasteiger charge is -2.25. The molecule has 0 aliphatic carbocycles. The molecule has 14 heavy (non-hydrogen) atoms. The average Bonchev–Trinajstić information content (AvgIpc) is 2.79. The van der Waals surface area contributed by atoms with Crippen LogP contribution in [-0.2, 0) is 9.47 Å². The fraction of sp³-hybridized carbons (Fsp3) is 1.00. The Morgan fingerprint density at radius 2 is 2.14 bits per heavy atom. The van der Waals surface area contributed by atoms with E-state index in [-0.39, 0.29) is 6.10 Å². The monoisotopic (exact) mass is 220 g/mol. The molecule has 0 bridgehead atoms. The van der Waals surface area contributed by atoms with Gasteiger partial charge in [-0.05, 0) is 13.8 Å². The quantitative estimate of drug-likeness (QED) is 0.517. The summed E-state index contributed by atoms with van der Waals surface area (Å²) < 4.78 is 10.7. The molecule has 0 saturated carbocycles. The minimum Gasteiger partial charge on any atom is -0.388 e. The van der Waals surface area contributed by atoms with Gasteiger partial charge in [0.25, 0.3) is 0 Å². The molecular formula is C9H16O4S. The molecule has 4 atom stereocenters. The van der Waals surface area contributed by atoms with E-state index >= 15 is 0 Å². The summed E-state index contributed by atoms with van der Waals surface area (Å²) in [6.07, 6.45) is -1.13. The summed E-state index contributed by atoms with van der Waals surface area (Å²) in [5.41, 5.74) is 0. The summed E-state index contributed by atoms with van der Waals surface area (Å²) >= 11 is 1.79. The Hall–Kier alpha value is 0.190. The van der Waals surface area contributed by atoms with Gasteiger partial charge in [0.05, 0.1) is 12.7 Å². The molecule has 2 N–H and O–H groups in total. The number of hydrogen-bond acceptors (Lipinski definition) is 5. The van der Waals surface area contributed by atoms with E-state index in [1.165, 1.54) is 0 Å². The minimum absolute atomic E-state index is 0.118. The molecule has 2 aliphatic heterocycles. The van der Waals surface area contributed by atoms with Crippen LogP contribution in [0.2, 0.25) is 0 Å². The summed E-state index contributed by atoms with van der Waals surface area (Å²) in [5, 5.41) is 19.7. The number of rotatable bonds is 3. The van der Waals surface area contributed by atoms with Gasteiger partial charge in [-0.1, -0.05) is 0 Å². The Bertz CT molecular complexity index is 211. The second-order valence-electron chi connectivity index (χ2n) is 4.26. The lowest BCUT2D eigenvalue weighted by atomic mass is 10.1. The van der Waals surface area contributed by atoms with E-state index in [9.17, 15) is 10.2 Å². The second kappa shape index (κ2) is 3.64. The Morgan fingerprint density at radius 1 is 1.50 bits per heavy atom. The second-order valence-corrected chi connectivity index (χ2v) is 5.54. The van der Waals surface area contributed by atoms with E-state index < -0.39 is 18.0 Å². The zero-order valence-corrected chi connectivity index (χ0v) is 9.16. The van der Waals surface area contributed by atoms with Crippen LogP contribution in [0.5, 0.6) is 0 Å². The van der Waals surface area contributed by atoms with Crippen molar-refractivity contribution in [1.29, 1.82) is 0 Å². The fourth-order valence-corrected chi connectivity index (χ4v) is 2.39. The highest BCUT2D eigenvalue weighted by molar-refractivity contribution is 8.06. The summed E-state index contributed by atoms with van der Waals surface area (Å²) in [5.74, 6) is -0.155. The van der Waals surface area contributed by atoms with Crippen LogP contribution in [0.4, 0.5) is 0 Å². The molecule has 0 aromatic heterocycles. The first kappa shape index (κ1) is 10.7. The van der Waals surface area contributed by atoms with Gasteiger partial charge >= 0.3 is 0 Å². The van der Waals surface area contributed by atoms with Crippen molar-refractivity contribution >= 4 is 11.8 Å². The van der Waals surface area contributed by atoms with E-state index in [4.69, 9.17) is 9.47 Å². The first-order chi connectivity index (χ1) is 6.47. The molecule has 0 aromatic rings. The predicted octanol–water partition coefficient (Wildman–Crippen LogP) is -0.0249. The van der Waals surface area contributed by atoms with Gasteiger partial charge in [0.1, 0.15) is 12.2 Å². The Kier molecular flexibility index (Phi) is 2.79. The van der Waals surface area contributed by atoms with E-state index in [1.54, 1.807) is 25.6 Å². The molecule has 0 radical (unpaired) electrons. The van der Waals surface area contributed by atoms with Gasteiger partial charge in [0.15, 0.2) is 5.79 Å². The molecule has 2 fully saturated rings. The highest BCUT2D eigenvalue weighted by Crippen LogP contribution is 2.39. The van der Waals surface area contributed by atoms with Gasteiger partial charge in [-0.25, -0.2) is 0 Å². The lowest BCUT2D eigenvalue weighted by Crippen LogP contribution is -2.40. The zero-order chi connectivity index (χ0) is 10.3. The average molecular weight is 220 g/mol. The summed E-state index contributed by atoms with van der Waals surface area (Å²) in [6.45, 7) is 3.48. The van der Waals surface area contributed by atoms with Crippen molar-refractivity contribution in [2.24, 2.45) is 0 Å².